The Morgan fingerprint density at radius 1 is 1.21 bits per heavy atom. The van der Waals surface area contributed by atoms with Crippen molar-refractivity contribution < 1.29 is 9.53 Å². The number of benzene rings is 2. The second kappa shape index (κ2) is 8.78. The SMILES string of the molecule is CC1CN(c2ccc(OC(C)C)cc2)C([C@H](Cc2ccccc2)NC(N)=O)=N1. The molecule has 0 aliphatic carbocycles. The number of anilines is 1. The fourth-order valence-electron chi connectivity index (χ4n) is 3.42. The molecule has 0 spiro atoms. The smallest absolute Gasteiger partial charge is 0.312 e. The molecule has 0 saturated carbocycles. The van der Waals surface area contributed by atoms with Crippen LogP contribution in [0.2, 0.25) is 0 Å². The molecule has 0 aromatic heterocycles. The summed E-state index contributed by atoms with van der Waals surface area (Å²) in [6.45, 7) is 6.83. The van der Waals surface area contributed by atoms with Crippen LogP contribution in [0.1, 0.15) is 26.3 Å². The van der Waals surface area contributed by atoms with Gasteiger partial charge in [0.05, 0.1) is 18.2 Å². The summed E-state index contributed by atoms with van der Waals surface area (Å²) >= 11 is 0. The molecule has 3 N–H and O–H groups in total. The summed E-state index contributed by atoms with van der Waals surface area (Å²) in [6.07, 6.45) is 0.755. The van der Waals surface area contributed by atoms with E-state index in [1.165, 1.54) is 0 Å². The number of aliphatic imine (C=N–C) groups is 1. The van der Waals surface area contributed by atoms with E-state index < -0.39 is 6.03 Å². The molecule has 1 aliphatic heterocycles. The van der Waals surface area contributed by atoms with Gasteiger partial charge in [0.15, 0.2) is 0 Å². The third kappa shape index (κ3) is 5.03. The van der Waals surface area contributed by atoms with Gasteiger partial charge in [-0.2, -0.15) is 0 Å². The summed E-state index contributed by atoms with van der Waals surface area (Å²) in [5.74, 6) is 1.66. The quantitative estimate of drug-likeness (QED) is 0.773. The minimum absolute atomic E-state index is 0.129. The van der Waals surface area contributed by atoms with Crippen molar-refractivity contribution in [1.82, 2.24) is 5.32 Å². The third-order valence-corrected chi connectivity index (χ3v) is 4.51. The van der Waals surface area contributed by atoms with Gasteiger partial charge in [-0.05, 0) is 57.0 Å². The average molecular weight is 380 g/mol. The first-order chi connectivity index (χ1) is 13.4. The Bertz CT molecular complexity index is 818. The first kappa shape index (κ1) is 19.7. The minimum Gasteiger partial charge on any atom is -0.491 e. The number of amidine groups is 1. The average Bonchev–Trinajstić information content (AvgIpc) is 3.03. The van der Waals surface area contributed by atoms with Gasteiger partial charge in [0.25, 0.3) is 0 Å². The van der Waals surface area contributed by atoms with Crippen LogP contribution < -0.4 is 20.7 Å². The summed E-state index contributed by atoms with van der Waals surface area (Å²) in [7, 11) is 0. The molecule has 2 aromatic carbocycles. The van der Waals surface area contributed by atoms with Crippen LogP contribution >= 0.6 is 0 Å². The molecule has 0 fully saturated rings. The first-order valence-electron chi connectivity index (χ1n) is 9.64. The van der Waals surface area contributed by atoms with E-state index in [9.17, 15) is 4.79 Å². The van der Waals surface area contributed by atoms with Crippen LogP contribution in [0, 0.1) is 0 Å². The van der Waals surface area contributed by atoms with Gasteiger partial charge in [0, 0.05) is 12.2 Å². The molecular weight excluding hydrogens is 352 g/mol. The van der Waals surface area contributed by atoms with Crippen molar-refractivity contribution >= 4 is 17.6 Å². The Morgan fingerprint density at radius 2 is 1.89 bits per heavy atom. The lowest BCUT2D eigenvalue weighted by Crippen LogP contribution is -2.50. The second-order valence-electron chi connectivity index (χ2n) is 7.36. The largest absolute Gasteiger partial charge is 0.491 e. The number of amides is 2. The zero-order valence-corrected chi connectivity index (χ0v) is 16.6. The highest BCUT2D eigenvalue weighted by molar-refractivity contribution is 6.04. The highest BCUT2D eigenvalue weighted by Crippen LogP contribution is 2.25. The molecule has 0 radical (unpaired) electrons. The summed E-state index contributed by atoms with van der Waals surface area (Å²) in [6, 6.07) is 17.3. The number of primary amides is 1. The number of rotatable bonds is 7. The predicted molar refractivity (Wildman–Crippen MR) is 113 cm³/mol. The molecule has 2 atom stereocenters. The Labute approximate surface area is 166 Å². The van der Waals surface area contributed by atoms with Crippen LogP contribution in [0.4, 0.5) is 10.5 Å². The summed E-state index contributed by atoms with van der Waals surface area (Å²) in [5.41, 5.74) is 7.59. The molecule has 0 bridgehead atoms. The number of hydrogen-bond acceptors (Lipinski definition) is 4. The fourth-order valence-corrected chi connectivity index (χ4v) is 3.42. The minimum atomic E-state index is -0.552. The van der Waals surface area contributed by atoms with Crippen LogP contribution in [-0.4, -0.2) is 36.6 Å². The molecule has 1 unspecified atom stereocenters. The zero-order chi connectivity index (χ0) is 20.1. The monoisotopic (exact) mass is 380 g/mol. The molecule has 148 valence electrons. The number of nitrogens with one attached hydrogen (secondary N) is 1. The van der Waals surface area contributed by atoms with E-state index in [0.29, 0.717) is 6.42 Å². The van der Waals surface area contributed by atoms with Gasteiger partial charge in [-0.25, -0.2) is 4.79 Å². The maximum Gasteiger partial charge on any atom is 0.312 e. The molecule has 6 heteroatoms. The number of ether oxygens (including phenoxy) is 1. The normalized spacial score (nSPS) is 17.4. The van der Waals surface area contributed by atoms with Gasteiger partial charge in [-0.1, -0.05) is 30.3 Å². The maximum absolute atomic E-state index is 11.6. The highest BCUT2D eigenvalue weighted by Gasteiger charge is 2.30. The fraction of sp³-hybridized carbons (Fsp3) is 0.364. The van der Waals surface area contributed by atoms with Crippen LogP contribution in [-0.2, 0) is 6.42 Å². The Morgan fingerprint density at radius 3 is 2.50 bits per heavy atom. The van der Waals surface area contributed by atoms with Gasteiger partial charge < -0.3 is 20.7 Å². The molecular formula is C22H28N4O2. The summed E-state index contributed by atoms with van der Waals surface area (Å²) in [5, 5.41) is 2.87. The van der Waals surface area contributed by atoms with E-state index in [2.05, 4.69) is 17.1 Å². The van der Waals surface area contributed by atoms with Crippen LogP contribution in [0.5, 0.6) is 5.75 Å². The maximum atomic E-state index is 11.6. The van der Waals surface area contributed by atoms with Crippen molar-refractivity contribution in [3.63, 3.8) is 0 Å². The molecule has 6 nitrogen and oxygen atoms in total. The molecule has 1 aliphatic rings. The molecule has 1 heterocycles. The number of nitrogens with zero attached hydrogens (tertiary/aromatic N) is 2. The lowest BCUT2D eigenvalue weighted by Gasteiger charge is -2.27. The number of carbonyl (C=O) groups excluding carboxylic acids is 1. The van der Waals surface area contributed by atoms with E-state index >= 15 is 0 Å². The van der Waals surface area contributed by atoms with Crippen LogP contribution in [0.15, 0.2) is 59.6 Å². The van der Waals surface area contributed by atoms with Crippen LogP contribution in [0.3, 0.4) is 0 Å². The van der Waals surface area contributed by atoms with Crippen molar-refractivity contribution in [2.45, 2.75) is 45.4 Å². The van der Waals surface area contributed by atoms with Crippen molar-refractivity contribution in [2.24, 2.45) is 10.7 Å². The lowest BCUT2D eigenvalue weighted by molar-refractivity contribution is 0.242. The van der Waals surface area contributed by atoms with Gasteiger partial charge in [0.1, 0.15) is 11.6 Å². The summed E-state index contributed by atoms with van der Waals surface area (Å²) < 4.78 is 5.74. The van der Waals surface area contributed by atoms with Crippen molar-refractivity contribution in [3.8, 4) is 5.75 Å². The standard InChI is InChI=1S/C22H28N4O2/c1-15(2)28-19-11-9-18(10-12-19)26-14-16(3)24-21(26)20(25-22(23)27)13-17-7-5-4-6-8-17/h4-12,15-16,20H,13-14H2,1-3H3,(H3,23,25,27)/t16?,20-/m0/s1. The Balaban J connectivity index is 1.85. The number of carbonyl (C=O) groups is 1. The van der Waals surface area contributed by atoms with E-state index in [0.717, 1.165) is 29.4 Å². The topological polar surface area (TPSA) is 80.0 Å². The zero-order valence-electron chi connectivity index (χ0n) is 16.6. The number of urea groups is 1. The van der Waals surface area contributed by atoms with Gasteiger partial charge in [-0.3, -0.25) is 4.99 Å². The third-order valence-electron chi connectivity index (χ3n) is 4.51. The van der Waals surface area contributed by atoms with Gasteiger partial charge in [-0.15, -0.1) is 0 Å². The molecule has 28 heavy (non-hydrogen) atoms. The van der Waals surface area contributed by atoms with Gasteiger partial charge >= 0.3 is 6.03 Å². The molecule has 3 rings (SSSR count). The predicted octanol–water partition coefficient (Wildman–Crippen LogP) is 3.36. The molecule has 2 amide bonds. The van der Waals surface area contributed by atoms with E-state index in [1.54, 1.807) is 0 Å². The second-order valence-corrected chi connectivity index (χ2v) is 7.36. The van der Waals surface area contributed by atoms with E-state index in [1.807, 2.05) is 68.4 Å². The first-order valence-corrected chi connectivity index (χ1v) is 9.64. The molecule has 2 aromatic rings. The van der Waals surface area contributed by atoms with Gasteiger partial charge in [0.2, 0.25) is 0 Å². The number of hydrogen-bond donors (Lipinski definition) is 2. The Hall–Kier alpha value is -3.02. The molecule has 0 saturated heterocycles. The van der Waals surface area contributed by atoms with Crippen molar-refractivity contribution in [3.05, 3.63) is 60.2 Å². The van der Waals surface area contributed by atoms with E-state index in [4.69, 9.17) is 15.5 Å². The highest BCUT2D eigenvalue weighted by atomic mass is 16.5. The van der Waals surface area contributed by atoms with Crippen molar-refractivity contribution in [1.29, 1.82) is 0 Å². The van der Waals surface area contributed by atoms with E-state index in [-0.39, 0.29) is 18.2 Å². The summed E-state index contributed by atoms with van der Waals surface area (Å²) in [4.78, 5) is 18.6. The number of nitrogens with two attached hydrogens (primary N) is 1. The van der Waals surface area contributed by atoms with Crippen molar-refractivity contribution in [2.75, 3.05) is 11.4 Å². The lowest BCUT2D eigenvalue weighted by atomic mass is 10.0. The van der Waals surface area contributed by atoms with Crippen LogP contribution in [0.25, 0.3) is 0 Å². The Kier molecular flexibility index (Phi) is 6.19.